The lowest BCUT2D eigenvalue weighted by Gasteiger charge is -2.28. The van der Waals surface area contributed by atoms with Gasteiger partial charge in [0.2, 0.25) is 0 Å². The van der Waals surface area contributed by atoms with Crippen LogP contribution in [0.4, 0.5) is 30.2 Å². The Kier molecular flexibility index (Phi) is 4.29. The van der Waals surface area contributed by atoms with Gasteiger partial charge in [-0.2, -0.15) is 13.2 Å². The van der Waals surface area contributed by atoms with E-state index >= 15 is 0 Å². The number of halogens is 3. The van der Waals surface area contributed by atoms with E-state index in [-0.39, 0.29) is 11.7 Å². The number of alkyl halides is 3. The molecule has 3 N–H and O–H groups in total. The Morgan fingerprint density at radius 1 is 1.04 bits per heavy atom. The van der Waals surface area contributed by atoms with Crippen molar-refractivity contribution in [3.8, 4) is 0 Å². The Labute approximate surface area is 148 Å². The monoisotopic (exact) mass is 365 g/mol. The molecule has 25 heavy (non-hydrogen) atoms. The summed E-state index contributed by atoms with van der Waals surface area (Å²) in [5.41, 5.74) is 0.770. The second kappa shape index (κ2) is 6.46. The third-order valence-corrected chi connectivity index (χ3v) is 5.60. The second-order valence-corrected chi connectivity index (χ2v) is 7.37. The minimum atomic E-state index is -4.41. The molecule has 2 aliphatic rings. The molecule has 0 amide bonds. The highest BCUT2D eigenvalue weighted by Gasteiger charge is 2.37. The molecule has 0 aromatic heterocycles. The first kappa shape index (κ1) is 16.6. The maximum atomic E-state index is 13.6. The highest BCUT2D eigenvalue weighted by atomic mass is 32.2. The second-order valence-electron chi connectivity index (χ2n) is 6.29. The zero-order chi connectivity index (χ0) is 17.4. The van der Waals surface area contributed by atoms with Gasteiger partial charge in [0, 0.05) is 21.5 Å². The maximum Gasteiger partial charge on any atom is 0.418 e. The van der Waals surface area contributed by atoms with Crippen LogP contribution in [0.5, 0.6) is 0 Å². The standard InChI is InChI=1S/C18H18F3N3S/c19-18(20,21)13-9-12(23-11-5-7-22-8-6-11)10-16-17(13)24-14-3-1-2-4-15(14)25-16/h1-4,9-11,22-24H,5-8H2. The first-order valence-corrected chi connectivity index (χ1v) is 9.09. The van der Waals surface area contributed by atoms with E-state index in [2.05, 4.69) is 16.0 Å². The summed E-state index contributed by atoms with van der Waals surface area (Å²) in [5, 5.41) is 9.52. The summed E-state index contributed by atoms with van der Waals surface area (Å²) < 4.78 is 40.9. The Morgan fingerprint density at radius 2 is 1.80 bits per heavy atom. The molecule has 132 valence electrons. The number of piperidine rings is 1. The van der Waals surface area contributed by atoms with Gasteiger partial charge in [-0.1, -0.05) is 23.9 Å². The van der Waals surface area contributed by atoms with Crippen LogP contribution in [0.1, 0.15) is 18.4 Å². The molecule has 2 aromatic carbocycles. The zero-order valence-electron chi connectivity index (χ0n) is 13.4. The van der Waals surface area contributed by atoms with Crippen LogP contribution in [0.25, 0.3) is 0 Å². The number of rotatable bonds is 2. The number of hydrogen-bond donors (Lipinski definition) is 3. The predicted molar refractivity (Wildman–Crippen MR) is 94.8 cm³/mol. The molecule has 7 heteroatoms. The largest absolute Gasteiger partial charge is 0.418 e. The van der Waals surface area contributed by atoms with Crippen molar-refractivity contribution >= 4 is 28.8 Å². The highest BCUT2D eigenvalue weighted by Crippen LogP contribution is 2.50. The quantitative estimate of drug-likeness (QED) is 0.592. The third-order valence-electron chi connectivity index (χ3n) is 4.48. The van der Waals surface area contributed by atoms with Crippen LogP contribution in [0.2, 0.25) is 0 Å². The molecule has 1 saturated heterocycles. The minimum absolute atomic E-state index is 0.145. The van der Waals surface area contributed by atoms with Crippen molar-refractivity contribution in [3.63, 3.8) is 0 Å². The molecule has 2 aliphatic heterocycles. The number of nitrogens with one attached hydrogen (secondary N) is 3. The zero-order valence-corrected chi connectivity index (χ0v) is 14.2. The molecule has 0 unspecified atom stereocenters. The SMILES string of the molecule is FC(F)(F)c1cc(NC2CCNCC2)cc2c1Nc1ccccc1S2. The molecule has 0 radical (unpaired) electrons. The fourth-order valence-corrected chi connectivity index (χ4v) is 4.31. The van der Waals surface area contributed by atoms with Crippen molar-refractivity contribution in [1.29, 1.82) is 0 Å². The number of hydrogen-bond acceptors (Lipinski definition) is 4. The van der Waals surface area contributed by atoms with Crippen molar-refractivity contribution in [2.24, 2.45) is 0 Å². The minimum Gasteiger partial charge on any atom is -0.382 e. The lowest BCUT2D eigenvalue weighted by molar-refractivity contribution is -0.137. The van der Waals surface area contributed by atoms with E-state index in [1.807, 2.05) is 24.3 Å². The van der Waals surface area contributed by atoms with Crippen LogP contribution in [-0.2, 0) is 6.18 Å². The molecular formula is C18H18F3N3S. The van der Waals surface area contributed by atoms with Crippen LogP contribution >= 0.6 is 11.8 Å². The van der Waals surface area contributed by atoms with Crippen molar-refractivity contribution in [2.75, 3.05) is 23.7 Å². The summed E-state index contributed by atoms with van der Waals surface area (Å²) in [6, 6.07) is 10.7. The van der Waals surface area contributed by atoms with Gasteiger partial charge in [0.1, 0.15) is 0 Å². The van der Waals surface area contributed by atoms with E-state index in [1.165, 1.54) is 17.8 Å². The van der Waals surface area contributed by atoms with Gasteiger partial charge >= 0.3 is 6.18 Å². The molecule has 4 rings (SSSR count). The Morgan fingerprint density at radius 3 is 2.56 bits per heavy atom. The van der Waals surface area contributed by atoms with Crippen LogP contribution < -0.4 is 16.0 Å². The summed E-state index contributed by atoms with van der Waals surface area (Å²) in [6.45, 7) is 1.77. The fourth-order valence-electron chi connectivity index (χ4n) is 3.25. The first-order valence-electron chi connectivity index (χ1n) is 8.27. The molecule has 2 aromatic rings. The van der Waals surface area contributed by atoms with E-state index < -0.39 is 11.7 Å². The molecule has 0 aliphatic carbocycles. The lowest BCUT2D eigenvalue weighted by Crippen LogP contribution is -2.35. The van der Waals surface area contributed by atoms with E-state index in [4.69, 9.17) is 0 Å². The number of benzene rings is 2. The predicted octanol–water partition coefficient (Wildman–Crippen LogP) is 5.08. The van der Waals surface area contributed by atoms with Gasteiger partial charge in [0.25, 0.3) is 0 Å². The summed E-state index contributed by atoms with van der Waals surface area (Å²) in [7, 11) is 0. The average Bonchev–Trinajstić information content (AvgIpc) is 2.59. The van der Waals surface area contributed by atoms with Gasteiger partial charge in [-0.05, 0) is 50.2 Å². The Bertz CT molecular complexity index is 786. The first-order chi connectivity index (χ1) is 12.0. The maximum absolute atomic E-state index is 13.6. The van der Waals surface area contributed by atoms with Crippen molar-refractivity contribution in [2.45, 2.75) is 34.9 Å². The summed E-state index contributed by atoms with van der Waals surface area (Å²) in [6.07, 6.45) is -2.59. The molecule has 3 nitrogen and oxygen atoms in total. The lowest BCUT2D eigenvalue weighted by atomic mass is 10.1. The van der Waals surface area contributed by atoms with E-state index in [1.54, 1.807) is 6.07 Å². The molecular weight excluding hydrogens is 347 g/mol. The van der Waals surface area contributed by atoms with Gasteiger partial charge in [-0.25, -0.2) is 0 Å². The number of anilines is 3. The summed E-state index contributed by atoms with van der Waals surface area (Å²) in [4.78, 5) is 1.53. The van der Waals surface area contributed by atoms with Gasteiger partial charge in [-0.3, -0.25) is 0 Å². The van der Waals surface area contributed by atoms with Crippen LogP contribution in [-0.4, -0.2) is 19.1 Å². The number of fused-ring (bicyclic) bond motifs is 2. The van der Waals surface area contributed by atoms with Crippen LogP contribution in [0.15, 0.2) is 46.2 Å². The van der Waals surface area contributed by atoms with Crippen LogP contribution in [0, 0.1) is 0 Å². The van der Waals surface area contributed by atoms with E-state index in [0.717, 1.165) is 30.8 Å². The van der Waals surface area contributed by atoms with Gasteiger partial charge in [0.15, 0.2) is 0 Å². The van der Waals surface area contributed by atoms with Crippen LogP contribution in [0.3, 0.4) is 0 Å². The molecule has 0 saturated carbocycles. The Balaban J connectivity index is 1.71. The smallest absolute Gasteiger partial charge is 0.382 e. The molecule has 1 fully saturated rings. The topological polar surface area (TPSA) is 36.1 Å². The van der Waals surface area contributed by atoms with Gasteiger partial charge < -0.3 is 16.0 Å². The van der Waals surface area contributed by atoms with E-state index in [0.29, 0.717) is 16.3 Å². The third kappa shape index (κ3) is 3.43. The van der Waals surface area contributed by atoms with Gasteiger partial charge in [-0.15, -0.1) is 0 Å². The highest BCUT2D eigenvalue weighted by molar-refractivity contribution is 7.99. The van der Waals surface area contributed by atoms with Crippen molar-refractivity contribution < 1.29 is 13.2 Å². The molecule has 0 bridgehead atoms. The van der Waals surface area contributed by atoms with Crippen molar-refractivity contribution in [3.05, 3.63) is 42.0 Å². The molecule has 2 heterocycles. The van der Waals surface area contributed by atoms with Crippen molar-refractivity contribution in [1.82, 2.24) is 5.32 Å². The van der Waals surface area contributed by atoms with Gasteiger partial charge in [0.05, 0.1) is 16.9 Å². The molecule has 0 spiro atoms. The number of para-hydroxylation sites is 1. The Hall–Kier alpha value is -1.86. The summed E-state index contributed by atoms with van der Waals surface area (Å²) >= 11 is 1.37. The summed E-state index contributed by atoms with van der Waals surface area (Å²) in [5.74, 6) is 0. The van der Waals surface area contributed by atoms with E-state index in [9.17, 15) is 13.2 Å². The normalized spacial score (nSPS) is 17.4. The average molecular weight is 365 g/mol. The molecule has 0 atom stereocenters. The fraction of sp³-hybridized carbons (Fsp3) is 0.333.